The lowest BCUT2D eigenvalue weighted by molar-refractivity contribution is -0.175. The molecule has 4 aliphatic heterocycles. The van der Waals surface area contributed by atoms with E-state index in [0.29, 0.717) is 29.7 Å². The number of piperidine rings is 2. The number of piperazine rings is 1. The van der Waals surface area contributed by atoms with Crippen LogP contribution in [-0.4, -0.2) is 122 Å². The molecule has 9 heteroatoms. The van der Waals surface area contributed by atoms with Gasteiger partial charge < -0.3 is 29.3 Å². The maximum absolute atomic E-state index is 14.3. The van der Waals surface area contributed by atoms with Gasteiger partial charge in [0.15, 0.2) is 0 Å². The summed E-state index contributed by atoms with van der Waals surface area (Å²) in [6.07, 6.45) is 12.1. The van der Waals surface area contributed by atoms with Crippen LogP contribution in [0.1, 0.15) is 77.6 Å². The molecule has 0 bridgehead atoms. The molecule has 10 unspecified atom stereocenters. The minimum Gasteiger partial charge on any atom is -0.379 e. The fourth-order valence-electron chi connectivity index (χ4n) is 10.8. The molecular formula is C33H54N4O5. The van der Waals surface area contributed by atoms with E-state index in [-0.39, 0.29) is 42.2 Å². The molecule has 11 atom stereocenters. The van der Waals surface area contributed by atoms with Crippen molar-refractivity contribution in [3.05, 3.63) is 0 Å². The molecule has 4 heterocycles. The standard InChI is InChI=1S/C33H54N4O5/c1-20(32(38)36-17-15-35(16-18-36)21-7-5-4-6-8-21)42-22-9-11-26-25(19-22)23-13-14-34-29-24-10-12-27(40-2)31(41-3)28(24)33(39)37(26)30(23)29/h20-31,34H,4-19H2,1-3H3/t20-,22?,23?,24?,25?,26?,27?,28?,29?,30?,31?/m0/s1. The van der Waals surface area contributed by atoms with Gasteiger partial charge in [0.25, 0.3) is 5.91 Å². The van der Waals surface area contributed by atoms with E-state index in [1.807, 2.05) is 11.8 Å². The normalized spacial score (nSPS) is 43.5. The first kappa shape index (κ1) is 29.5. The molecule has 0 aromatic rings. The third-order valence-electron chi connectivity index (χ3n) is 12.7. The highest BCUT2D eigenvalue weighted by atomic mass is 16.5. The SMILES string of the molecule is COC1CCC2C3NCCC4C5CC(O[C@@H](C)C(=O)N6CCN(C7CCCCC7)CC6)CCC5N(C(=O)C2C1OC)C43. The van der Waals surface area contributed by atoms with E-state index in [4.69, 9.17) is 14.2 Å². The van der Waals surface area contributed by atoms with Crippen molar-refractivity contribution in [3.63, 3.8) is 0 Å². The monoisotopic (exact) mass is 586 g/mol. The number of hydrogen-bond donors (Lipinski definition) is 1. The largest absolute Gasteiger partial charge is 0.379 e. The Morgan fingerprint density at radius 2 is 1.67 bits per heavy atom. The molecule has 9 nitrogen and oxygen atoms in total. The van der Waals surface area contributed by atoms with Crippen LogP contribution in [0.15, 0.2) is 0 Å². The zero-order valence-electron chi connectivity index (χ0n) is 26.1. The lowest BCUT2D eigenvalue weighted by Gasteiger charge is -2.55. The lowest BCUT2D eigenvalue weighted by atomic mass is 9.64. The van der Waals surface area contributed by atoms with Crippen molar-refractivity contribution < 1.29 is 23.8 Å². The Morgan fingerprint density at radius 3 is 2.40 bits per heavy atom. The van der Waals surface area contributed by atoms with Gasteiger partial charge in [0.05, 0.1) is 30.3 Å². The summed E-state index contributed by atoms with van der Waals surface area (Å²) in [4.78, 5) is 34.7. The molecule has 1 N–H and O–H groups in total. The quantitative estimate of drug-likeness (QED) is 0.513. The second-order valence-corrected chi connectivity index (χ2v) is 14.5. The molecule has 236 valence electrons. The van der Waals surface area contributed by atoms with E-state index in [0.717, 1.165) is 77.3 Å². The fraction of sp³-hybridized carbons (Fsp3) is 0.939. The summed E-state index contributed by atoms with van der Waals surface area (Å²) in [5.41, 5.74) is 0. The van der Waals surface area contributed by atoms with Crippen molar-refractivity contribution in [3.8, 4) is 0 Å². The van der Waals surface area contributed by atoms with Crippen LogP contribution in [0, 0.1) is 23.7 Å². The van der Waals surface area contributed by atoms with Crippen LogP contribution < -0.4 is 5.32 Å². The number of carbonyl (C=O) groups is 2. The molecule has 7 fully saturated rings. The van der Waals surface area contributed by atoms with Crippen LogP contribution in [0.25, 0.3) is 0 Å². The summed E-state index contributed by atoms with van der Waals surface area (Å²) in [5, 5.41) is 3.87. The van der Waals surface area contributed by atoms with E-state index < -0.39 is 6.10 Å². The Bertz CT molecular complexity index is 983. The maximum Gasteiger partial charge on any atom is 0.251 e. The third kappa shape index (κ3) is 5.03. The van der Waals surface area contributed by atoms with Gasteiger partial charge in [0.2, 0.25) is 5.91 Å². The van der Waals surface area contributed by atoms with Crippen LogP contribution >= 0.6 is 0 Å². The summed E-state index contributed by atoms with van der Waals surface area (Å²) < 4.78 is 18.3. The van der Waals surface area contributed by atoms with Gasteiger partial charge in [-0.1, -0.05) is 19.3 Å². The summed E-state index contributed by atoms with van der Waals surface area (Å²) in [6.45, 7) is 6.61. The number of hydrogen-bond acceptors (Lipinski definition) is 7. The number of amides is 2. The minimum absolute atomic E-state index is 0.0204. The Balaban J connectivity index is 0.990. The van der Waals surface area contributed by atoms with Crippen LogP contribution in [0.5, 0.6) is 0 Å². The third-order valence-corrected chi connectivity index (χ3v) is 12.7. The van der Waals surface area contributed by atoms with Gasteiger partial charge in [-0.05, 0) is 82.6 Å². The van der Waals surface area contributed by atoms with E-state index in [2.05, 4.69) is 15.1 Å². The lowest BCUT2D eigenvalue weighted by Crippen LogP contribution is -2.70. The van der Waals surface area contributed by atoms with Gasteiger partial charge >= 0.3 is 0 Å². The number of fused-ring (bicyclic) bond motifs is 5. The number of carbonyl (C=O) groups excluding carboxylic acids is 2. The molecular weight excluding hydrogens is 532 g/mol. The van der Waals surface area contributed by atoms with E-state index in [1.54, 1.807) is 14.2 Å². The van der Waals surface area contributed by atoms with Crippen molar-refractivity contribution in [2.45, 2.75) is 126 Å². The van der Waals surface area contributed by atoms with Crippen molar-refractivity contribution >= 4 is 11.8 Å². The highest BCUT2D eigenvalue weighted by Crippen LogP contribution is 2.54. The van der Waals surface area contributed by atoms with E-state index >= 15 is 0 Å². The maximum atomic E-state index is 14.3. The number of methoxy groups -OCH3 is 2. The summed E-state index contributed by atoms with van der Waals surface area (Å²) in [6, 6.07) is 1.60. The second-order valence-electron chi connectivity index (χ2n) is 14.5. The highest BCUT2D eigenvalue weighted by Gasteiger charge is 2.64. The van der Waals surface area contributed by atoms with Gasteiger partial charge in [0, 0.05) is 58.5 Å². The number of nitrogens with one attached hydrogen (secondary N) is 1. The topological polar surface area (TPSA) is 83.6 Å². The molecule has 2 amide bonds. The second kappa shape index (κ2) is 12.3. The van der Waals surface area contributed by atoms with Crippen molar-refractivity contribution in [1.82, 2.24) is 20.0 Å². The summed E-state index contributed by atoms with van der Waals surface area (Å²) >= 11 is 0. The van der Waals surface area contributed by atoms with E-state index in [9.17, 15) is 9.59 Å². The van der Waals surface area contributed by atoms with Gasteiger partial charge in [-0.3, -0.25) is 14.5 Å². The zero-order valence-corrected chi connectivity index (χ0v) is 26.1. The Labute approximate surface area is 252 Å². The Morgan fingerprint density at radius 1 is 0.881 bits per heavy atom. The molecule has 0 radical (unpaired) electrons. The Kier molecular flexibility index (Phi) is 8.60. The number of rotatable bonds is 6. The first-order valence-electron chi connectivity index (χ1n) is 17.3. The van der Waals surface area contributed by atoms with Crippen molar-refractivity contribution in [1.29, 1.82) is 0 Å². The Hall–Kier alpha value is -1.26. The number of ether oxygens (including phenoxy) is 3. The fourth-order valence-corrected chi connectivity index (χ4v) is 10.8. The molecule has 4 saturated heterocycles. The highest BCUT2D eigenvalue weighted by molar-refractivity contribution is 5.83. The van der Waals surface area contributed by atoms with Gasteiger partial charge in [0.1, 0.15) is 6.10 Å². The van der Waals surface area contributed by atoms with Gasteiger partial charge in [-0.2, -0.15) is 0 Å². The molecule has 0 spiro atoms. The predicted molar refractivity (Wildman–Crippen MR) is 159 cm³/mol. The number of nitrogens with zero attached hydrogens (tertiary/aromatic N) is 3. The van der Waals surface area contributed by atoms with Gasteiger partial charge in [-0.15, -0.1) is 0 Å². The molecule has 7 aliphatic rings. The smallest absolute Gasteiger partial charge is 0.251 e. The van der Waals surface area contributed by atoms with Crippen molar-refractivity contribution in [2.24, 2.45) is 23.7 Å². The summed E-state index contributed by atoms with van der Waals surface area (Å²) in [7, 11) is 3.49. The molecule has 0 aromatic heterocycles. The average molecular weight is 587 g/mol. The zero-order chi connectivity index (χ0) is 29.0. The minimum atomic E-state index is -0.407. The van der Waals surface area contributed by atoms with Crippen LogP contribution in [0.4, 0.5) is 0 Å². The molecule has 42 heavy (non-hydrogen) atoms. The molecule has 7 rings (SSSR count). The first-order chi connectivity index (χ1) is 20.5. The molecule has 3 saturated carbocycles. The van der Waals surface area contributed by atoms with E-state index in [1.165, 1.54) is 32.1 Å². The van der Waals surface area contributed by atoms with Crippen LogP contribution in [-0.2, 0) is 23.8 Å². The van der Waals surface area contributed by atoms with Crippen LogP contribution in [0.3, 0.4) is 0 Å². The van der Waals surface area contributed by atoms with Crippen LogP contribution in [0.2, 0.25) is 0 Å². The first-order valence-corrected chi connectivity index (χ1v) is 17.3. The average Bonchev–Trinajstić information content (AvgIpc) is 3.37. The summed E-state index contributed by atoms with van der Waals surface area (Å²) in [5.74, 6) is 1.59. The van der Waals surface area contributed by atoms with Crippen molar-refractivity contribution in [2.75, 3.05) is 46.9 Å². The molecule has 3 aliphatic carbocycles. The predicted octanol–water partition coefficient (Wildman–Crippen LogP) is 2.66. The van der Waals surface area contributed by atoms with Gasteiger partial charge in [-0.25, -0.2) is 0 Å². The molecule has 0 aromatic carbocycles.